The maximum atomic E-state index is 12.2. The van der Waals surface area contributed by atoms with Crippen LogP contribution < -0.4 is 16.0 Å². The summed E-state index contributed by atoms with van der Waals surface area (Å²) in [6, 6.07) is 14.1. The van der Waals surface area contributed by atoms with Gasteiger partial charge in [-0.2, -0.15) is 0 Å². The maximum absolute atomic E-state index is 12.2. The molecule has 7 nitrogen and oxygen atoms in total. The van der Waals surface area contributed by atoms with Crippen molar-refractivity contribution in [2.75, 3.05) is 25.0 Å². The van der Waals surface area contributed by atoms with Crippen molar-refractivity contribution in [2.45, 2.75) is 6.54 Å². The second kappa shape index (κ2) is 7.76. The number of nitrogens with one attached hydrogen (secondary N) is 3. The molecular weight excluding hydrogens is 320 g/mol. The van der Waals surface area contributed by atoms with Crippen LogP contribution in [0.3, 0.4) is 0 Å². The van der Waals surface area contributed by atoms with E-state index in [0.29, 0.717) is 30.3 Å². The first kappa shape index (κ1) is 16.9. The summed E-state index contributed by atoms with van der Waals surface area (Å²) in [5.41, 5.74) is 1.61. The highest BCUT2D eigenvalue weighted by molar-refractivity contribution is 5.95. The van der Waals surface area contributed by atoms with E-state index in [1.165, 1.54) is 6.07 Å². The van der Waals surface area contributed by atoms with Gasteiger partial charge in [-0.25, -0.2) is 0 Å². The molecule has 1 saturated heterocycles. The zero-order valence-corrected chi connectivity index (χ0v) is 13.7. The quantitative estimate of drug-likeness (QED) is 0.530. The normalized spacial score (nSPS) is 13.8. The molecule has 0 atom stereocenters. The van der Waals surface area contributed by atoms with Crippen molar-refractivity contribution in [1.29, 1.82) is 0 Å². The molecule has 2 aromatic carbocycles. The Hall–Kier alpha value is -2.93. The molecule has 0 bridgehead atoms. The largest absolute Gasteiger partial charge is 0.375 e. The van der Waals surface area contributed by atoms with Crippen molar-refractivity contribution in [3.8, 4) is 0 Å². The molecule has 25 heavy (non-hydrogen) atoms. The van der Waals surface area contributed by atoms with E-state index in [1.54, 1.807) is 12.1 Å². The van der Waals surface area contributed by atoms with Gasteiger partial charge < -0.3 is 16.0 Å². The van der Waals surface area contributed by atoms with E-state index in [1.807, 2.05) is 30.3 Å². The number of nitro groups is 1. The summed E-state index contributed by atoms with van der Waals surface area (Å²) >= 11 is 0. The van der Waals surface area contributed by atoms with E-state index in [9.17, 15) is 14.9 Å². The third-order valence-electron chi connectivity index (χ3n) is 4.20. The zero-order chi connectivity index (χ0) is 17.6. The number of hydrogen-bond donors (Lipinski definition) is 3. The lowest BCUT2D eigenvalue weighted by Gasteiger charge is -2.27. The highest BCUT2D eigenvalue weighted by atomic mass is 16.6. The SMILES string of the molecule is O=C(NCC1CNC1)c1ccc(NCc2ccccc2)c([N+](=O)[O-])c1. The van der Waals surface area contributed by atoms with E-state index in [-0.39, 0.29) is 11.6 Å². The minimum atomic E-state index is -0.472. The highest BCUT2D eigenvalue weighted by Crippen LogP contribution is 2.26. The lowest BCUT2D eigenvalue weighted by molar-refractivity contribution is -0.384. The number of carbonyl (C=O) groups excluding carboxylic acids is 1. The van der Waals surface area contributed by atoms with Crippen LogP contribution in [0.15, 0.2) is 48.5 Å². The van der Waals surface area contributed by atoms with Crippen LogP contribution in [0.25, 0.3) is 0 Å². The van der Waals surface area contributed by atoms with Gasteiger partial charge in [-0.3, -0.25) is 14.9 Å². The Bertz CT molecular complexity index is 760. The van der Waals surface area contributed by atoms with Gasteiger partial charge in [0.1, 0.15) is 5.69 Å². The molecule has 3 rings (SSSR count). The van der Waals surface area contributed by atoms with Crippen molar-refractivity contribution in [1.82, 2.24) is 10.6 Å². The third-order valence-corrected chi connectivity index (χ3v) is 4.20. The molecule has 0 unspecified atom stereocenters. The van der Waals surface area contributed by atoms with Gasteiger partial charge >= 0.3 is 0 Å². The molecule has 0 aromatic heterocycles. The minimum Gasteiger partial charge on any atom is -0.375 e. The highest BCUT2D eigenvalue weighted by Gasteiger charge is 2.20. The Kier molecular flexibility index (Phi) is 5.25. The van der Waals surface area contributed by atoms with Crippen LogP contribution in [-0.4, -0.2) is 30.5 Å². The van der Waals surface area contributed by atoms with Crippen LogP contribution in [-0.2, 0) is 6.54 Å². The van der Waals surface area contributed by atoms with E-state index in [0.717, 1.165) is 18.7 Å². The molecule has 1 aliphatic heterocycles. The van der Waals surface area contributed by atoms with Crippen LogP contribution in [0.4, 0.5) is 11.4 Å². The average molecular weight is 340 g/mol. The lowest BCUT2D eigenvalue weighted by atomic mass is 10.0. The molecular formula is C18H20N4O3. The lowest BCUT2D eigenvalue weighted by Crippen LogP contribution is -2.48. The van der Waals surface area contributed by atoms with Crippen molar-refractivity contribution >= 4 is 17.3 Å². The van der Waals surface area contributed by atoms with E-state index < -0.39 is 4.92 Å². The molecule has 0 radical (unpaired) electrons. The summed E-state index contributed by atoms with van der Waals surface area (Å²) in [5.74, 6) is 0.148. The fraction of sp³-hybridized carbons (Fsp3) is 0.278. The summed E-state index contributed by atoms with van der Waals surface area (Å²) in [7, 11) is 0. The Morgan fingerprint density at radius 1 is 1.20 bits per heavy atom. The van der Waals surface area contributed by atoms with Crippen molar-refractivity contribution < 1.29 is 9.72 Å². The summed E-state index contributed by atoms with van der Waals surface area (Å²) in [4.78, 5) is 23.1. The van der Waals surface area contributed by atoms with Crippen molar-refractivity contribution in [2.24, 2.45) is 5.92 Å². The van der Waals surface area contributed by atoms with Gasteiger partial charge in [-0.1, -0.05) is 30.3 Å². The summed E-state index contributed by atoms with van der Waals surface area (Å²) in [6.45, 7) is 2.83. The van der Waals surface area contributed by atoms with Crippen LogP contribution in [0.2, 0.25) is 0 Å². The van der Waals surface area contributed by atoms with Gasteiger partial charge in [-0.15, -0.1) is 0 Å². The average Bonchev–Trinajstić information content (AvgIpc) is 2.59. The van der Waals surface area contributed by atoms with Gasteiger partial charge in [0, 0.05) is 43.7 Å². The number of rotatable bonds is 7. The second-order valence-electron chi connectivity index (χ2n) is 6.06. The summed E-state index contributed by atoms with van der Waals surface area (Å²) in [6.07, 6.45) is 0. The van der Waals surface area contributed by atoms with Gasteiger partial charge in [0.15, 0.2) is 0 Å². The number of anilines is 1. The molecule has 130 valence electrons. The van der Waals surface area contributed by atoms with Crippen molar-refractivity contribution in [3.63, 3.8) is 0 Å². The van der Waals surface area contributed by atoms with Gasteiger partial charge in [0.2, 0.25) is 0 Å². The first-order valence-corrected chi connectivity index (χ1v) is 8.18. The number of nitrogens with zero attached hydrogens (tertiary/aromatic N) is 1. The Balaban J connectivity index is 1.68. The van der Waals surface area contributed by atoms with Gasteiger partial charge in [-0.05, 0) is 17.7 Å². The maximum Gasteiger partial charge on any atom is 0.293 e. The Morgan fingerprint density at radius 3 is 2.60 bits per heavy atom. The minimum absolute atomic E-state index is 0.103. The molecule has 1 fully saturated rings. The van der Waals surface area contributed by atoms with E-state index in [4.69, 9.17) is 0 Å². The molecule has 1 aliphatic rings. The molecule has 0 spiro atoms. The number of benzene rings is 2. The predicted octanol–water partition coefficient (Wildman–Crippen LogP) is 2.16. The smallest absolute Gasteiger partial charge is 0.293 e. The molecule has 2 aromatic rings. The second-order valence-corrected chi connectivity index (χ2v) is 6.06. The number of carbonyl (C=O) groups is 1. The molecule has 1 heterocycles. The molecule has 1 amide bonds. The third kappa shape index (κ3) is 4.33. The van der Waals surface area contributed by atoms with Crippen LogP contribution >= 0.6 is 0 Å². The molecule has 7 heteroatoms. The Labute approximate surface area is 145 Å². The zero-order valence-electron chi connectivity index (χ0n) is 13.7. The van der Waals surface area contributed by atoms with Gasteiger partial charge in [0.25, 0.3) is 11.6 Å². The van der Waals surface area contributed by atoms with E-state index >= 15 is 0 Å². The first-order chi connectivity index (χ1) is 12.1. The fourth-order valence-corrected chi connectivity index (χ4v) is 2.60. The van der Waals surface area contributed by atoms with Crippen molar-refractivity contribution in [3.05, 3.63) is 69.8 Å². The topological polar surface area (TPSA) is 96.3 Å². The number of nitro benzene ring substituents is 1. The summed E-state index contributed by atoms with van der Waals surface area (Å²) in [5, 5.41) is 20.4. The van der Waals surface area contributed by atoms with Crippen LogP contribution in [0.5, 0.6) is 0 Å². The molecule has 0 aliphatic carbocycles. The molecule has 0 saturated carbocycles. The summed E-state index contributed by atoms with van der Waals surface area (Å²) < 4.78 is 0. The van der Waals surface area contributed by atoms with Crippen LogP contribution in [0, 0.1) is 16.0 Å². The first-order valence-electron chi connectivity index (χ1n) is 8.18. The number of amides is 1. The Morgan fingerprint density at radius 2 is 1.96 bits per heavy atom. The van der Waals surface area contributed by atoms with E-state index in [2.05, 4.69) is 16.0 Å². The van der Waals surface area contributed by atoms with Gasteiger partial charge in [0.05, 0.1) is 4.92 Å². The monoisotopic (exact) mass is 340 g/mol. The predicted molar refractivity (Wildman–Crippen MR) is 95.6 cm³/mol. The number of hydrogen-bond acceptors (Lipinski definition) is 5. The standard InChI is InChI=1S/C18H20N4O3/c23-18(21-12-14-9-19-10-14)15-6-7-16(17(8-15)22(24)25)20-11-13-4-2-1-3-5-13/h1-8,14,19-20H,9-12H2,(H,21,23). The fourth-order valence-electron chi connectivity index (χ4n) is 2.60. The molecule has 3 N–H and O–H groups in total. The van der Waals surface area contributed by atoms with Crippen LogP contribution in [0.1, 0.15) is 15.9 Å².